The van der Waals surface area contributed by atoms with Crippen LogP contribution in [0.1, 0.15) is 36.0 Å². The number of carboxylic acid groups (broad SMARTS) is 1. The lowest BCUT2D eigenvalue weighted by atomic mass is 9.93. The minimum absolute atomic E-state index is 0.0467. The number of carbonyl (C=O) groups excluding carboxylic acids is 1. The van der Waals surface area contributed by atoms with Gasteiger partial charge in [0.1, 0.15) is 12.1 Å². The maximum atomic E-state index is 12.8. The number of carboxylic acids is 1. The number of para-hydroxylation sites is 2. The minimum Gasteiger partial charge on any atom is -0.481 e. The number of amides is 1. The van der Waals surface area contributed by atoms with Crippen LogP contribution in [-0.2, 0) is 4.79 Å². The third kappa shape index (κ3) is 3.74. The van der Waals surface area contributed by atoms with Crippen molar-refractivity contribution < 1.29 is 14.7 Å². The normalized spacial score (nSPS) is 17.0. The van der Waals surface area contributed by atoms with Crippen LogP contribution in [0.15, 0.2) is 48.9 Å². The van der Waals surface area contributed by atoms with Crippen LogP contribution in [0.2, 0.25) is 0 Å². The Kier molecular flexibility index (Phi) is 5.06. The first-order chi connectivity index (χ1) is 13.6. The van der Waals surface area contributed by atoms with Crippen LogP contribution in [0, 0.1) is 5.92 Å². The molecule has 28 heavy (non-hydrogen) atoms. The zero-order chi connectivity index (χ0) is 19.5. The van der Waals surface area contributed by atoms with Crippen LogP contribution in [0.5, 0.6) is 0 Å². The van der Waals surface area contributed by atoms with Crippen molar-refractivity contribution in [1.82, 2.24) is 19.4 Å². The SMILES string of the molecule is O=C(O)CCC1CCCN(C(=O)c2ccc(-n3cnc4ccccc43)nc2)C1. The van der Waals surface area contributed by atoms with Gasteiger partial charge in [-0.3, -0.25) is 14.2 Å². The summed E-state index contributed by atoms with van der Waals surface area (Å²) in [5.41, 5.74) is 2.41. The number of hydrogen-bond donors (Lipinski definition) is 1. The smallest absolute Gasteiger partial charge is 0.303 e. The van der Waals surface area contributed by atoms with E-state index >= 15 is 0 Å². The van der Waals surface area contributed by atoms with Gasteiger partial charge in [-0.25, -0.2) is 9.97 Å². The van der Waals surface area contributed by atoms with E-state index in [1.54, 1.807) is 18.6 Å². The average molecular weight is 378 g/mol. The Balaban J connectivity index is 1.47. The van der Waals surface area contributed by atoms with Gasteiger partial charge in [0, 0.05) is 25.7 Å². The van der Waals surface area contributed by atoms with Gasteiger partial charge < -0.3 is 10.0 Å². The number of nitrogens with zero attached hydrogens (tertiary/aromatic N) is 4. The molecule has 0 aliphatic carbocycles. The number of pyridine rings is 1. The highest BCUT2D eigenvalue weighted by atomic mass is 16.4. The second-order valence-corrected chi connectivity index (χ2v) is 7.20. The van der Waals surface area contributed by atoms with Crippen LogP contribution in [0.25, 0.3) is 16.9 Å². The van der Waals surface area contributed by atoms with Crippen molar-refractivity contribution in [1.29, 1.82) is 0 Å². The second kappa shape index (κ2) is 7.80. The van der Waals surface area contributed by atoms with Crippen LogP contribution in [-0.4, -0.2) is 49.5 Å². The standard InChI is InChI=1S/C21H22N4O3/c26-20(27)10-7-15-4-3-11-24(13-15)21(28)16-8-9-19(22-12-16)25-14-23-17-5-1-2-6-18(17)25/h1-2,5-6,8-9,12,14-15H,3-4,7,10-11,13H2,(H,26,27). The van der Waals surface area contributed by atoms with Gasteiger partial charge in [-0.15, -0.1) is 0 Å². The number of carbonyl (C=O) groups is 2. The predicted octanol–water partition coefficient (Wildman–Crippen LogP) is 3.14. The highest BCUT2D eigenvalue weighted by Gasteiger charge is 2.25. The summed E-state index contributed by atoms with van der Waals surface area (Å²) < 4.78 is 1.90. The van der Waals surface area contributed by atoms with Gasteiger partial charge in [0.2, 0.25) is 0 Å². The fourth-order valence-electron chi connectivity index (χ4n) is 3.79. The first kappa shape index (κ1) is 18.2. The fraction of sp³-hybridized carbons (Fsp3) is 0.333. The van der Waals surface area contributed by atoms with E-state index in [4.69, 9.17) is 5.11 Å². The molecule has 1 fully saturated rings. The first-order valence-electron chi connectivity index (χ1n) is 9.51. The summed E-state index contributed by atoms with van der Waals surface area (Å²) in [6, 6.07) is 11.4. The molecule has 0 saturated carbocycles. The molecule has 4 rings (SSSR count). The molecule has 7 heteroatoms. The number of imidazole rings is 1. The van der Waals surface area contributed by atoms with Crippen molar-refractivity contribution in [2.75, 3.05) is 13.1 Å². The number of rotatable bonds is 5. The molecular weight excluding hydrogens is 356 g/mol. The van der Waals surface area contributed by atoms with Crippen molar-refractivity contribution >= 4 is 22.9 Å². The van der Waals surface area contributed by atoms with Crippen LogP contribution < -0.4 is 0 Å². The Morgan fingerprint density at radius 1 is 1.14 bits per heavy atom. The molecule has 1 aromatic carbocycles. The Hall–Kier alpha value is -3.22. The number of fused-ring (bicyclic) bond motifs is 1. The zero-order valence-electron chi connectivity index (χ0n) is 15.5. The lowest BCUT2D eigenvalue weighted by Crippen LogP contribution is -2.40. The van der Waals surface area contributed by atoms with Gasteiger partial charge in [0.25, 0.3) is 5.91 Å². The molecular formula is C21H22N4O3. The molecule has 1 aliphatic heterocycles. The Labute approximate surface area is 162 Å². The zero-order valence-corrected chi connectivity index (χ0v) is 15.5. The van der Waals surface area contributed by atoms with Crippen molar-refractivity contribution in [3.05, 3.63) is 54.5 Å². The molecule has 0 radical (unpaired) electrons. The maximum absolute atomic E-state index is 12.8. The lowest BCUT2D eigenvalue weighted by Gasteiger charge is -2.32. The first-order valence-corrected chi connectivity index (χ1v) is 9.51. The highest BCUT2D eigenvalue weighted by molar-refractivity contribution is 5.94. The van der Waals surface area contributed by atoms with Crippen LogP contribution in [0.3, 0.4) is 0 Å². The monoisotopic (exact) mass is 378 g/mol. The number of benzene rings is 1. The number of aromatic nitrogens is 3. The third-order valence-corrected chi connectivity index (χ3v) is 5.27. The molecule has 0 bridgehead atoms. The lowest BCUT2D eigenvalue weighted by molar-refractivity contribution is -0.137. The molecule has 1 atom stereocenters. The largest absolute Gasteiger partial charge is 0.481 e. The summed E-state index contributed by atoms with van der Waals surface area (Å²) in [7, 11) is 0. The summed E-state index contributed by atoms with van der Waals surface area (Å²) in [6.07, 6.45) is 5.98. The fourth-order valence-corrected chi connectivity index (χ4v) is 3.79. The second-order valence-electron chi connectivity index (χ2n) is 7.20. The number of piperidine rings is 1. The highest BCUT2D eigenvalue weighted by Crippen LogP contribution is 2.23. The van der Waals surface area contributed by atoms with E-state index in [1.165, 1.54) is 0 Å². The van der Waals surface area contributed by atoms with Crippen molar-refractivity contribution in [2.24, 2.45) is 5.92 Å². The molecule has 3 aromatic rings. The van der Waals surface area contributed by atoms with Gasteiger partial charge in [-0.2, -0.15) is 0 Å². The third-order valence-electron chi connectivity index (χ3n) is 5.27. The molecule has 1 unspecified atom stereocenters. The van der Waals surface area contributed by atoms with Crippen molar-refractivity contribution in [3.8, 4) is 5.82 Å². The van der Waals surface area contributed by atoms with Gasteiger partial charge in [0.05, 0.1) is 16.6 Å². The van der Waals surface area contributed by atoms with E-state index in [2.05, 4.69) is 9.97 Å². The van der Waals surface area contributed by atoms with Gasteiger partial charge in [-0.1, -0.05) is 12.1 Å². The average Bonchev–Trinajstić information content (AvgIpc) is 3.16. The minimum atomic E-state index is -0.782. The van der Waals surface area contributed by atoms with Gasteiger partial charge in [0.15, 0.2) is 0 Å². The quantitative estimate of drug-likeness (QED) is 0.737. The summed E-state index contributed by atoms with van der Waals surface area (Å²) in [6.45, 7) is 1.32. The molecule has 1 aliphatic rings. The van der Waals surface area contributed by atoms with E-state index < -0.39 is 5.97 Å². The summed E-state index contributed by atoms with van der Waals surface area (Å²) in [5, 5.41) is 8.87. The Morgan fingerprint density at radius 2 is 2.00 bits per heavy atom. The van der Waals surface area contributed by atoms with Gasteiger partial charge in [-0.05, 0) is 49.4 Å². The number of likely N-dealkylation sites (tertiary alicyclic amines) is 1. The van der Waals surface area contributed by atoms with Crippen LogP contribution in [0.4, 0.5) is 0 Å². The van der Waals surface area contributed by atoms with E-state index in [9.17, 15) is 9.59 Å². The number of aliphatic carboxylic acids is 1. The van der Waals surface area contributed by atoms with E-state index in [1.807, 2.05) is 39.8 Å². The van der Waals surface area contributed by atoms with Gasteiger partial charge >= 0.3 is 5.97 Å². The van der Waals surface area contributed by atoms with E-state index in [0.29, 0.717) is 30.9 Å². The summed E-state index contributed by atoms with van der Waals surface area (Å²) in [5.74, 6) is 0.131. The molecule has 1 N–H and O–H groups in total. The Morgan fingerprint density at radius 3 is 2.79 bits per heavy atom. The van der Waals surface area contributed by atoms with Crippen molar-refractivity contribution in [2.45, 2.75) is 25.7 Å². The molecule has 7 nitrogen and oxygen atoms in total. The molecule has 1 saturated heterocycles. The Bertz CT molecular complexity index is 996. The topological polar surface area (TPSA) is 88.3 Å². The van der Waals surface area contributed by atoms with Crippen LogP contribution >= 0.6 is 0 Å². The molecule has 0 spiro atoms. The molecule has 144 valence electrons. The maximum Gasteiger partial charge on any atom is 0.303 e. The predicted molar refractivity (Wildman–Crippen MR) is 104 cm³/mol. The summed E-state index contributed by atoms with van der Waals surface area (Å²) in [4.78, 5) is 34.3. The van der Waals surface area contributed by atoms with E-state index in [-0.39, 0.29) is 18.2 Å². The number of hydrogen-bond acceptors (Lipinski definition) is 4. The van der Waals surface area contributed by atoms with Crippen molar-refractivity contribution in [3.63, 3.8) is 0 Å². The van der Waals surface area contributed by atoms with E-state index in [0.717, 1.165) is 23.9 Å². The molecule has 3 heterocycles. The summed E-state index contributed by atoms with van der Waals surface area (Å²) >= 11 is 0. The molecule has 2 aromatic heterocycles. The molecule has 1 amide bonds.